The number of amides is 2. The lowest BCUT2D eigenvalue weighted by Crippen LogP contribution is -2.37. The van der Waals surface area contributed by atoms with Crippen molar-refractivity contribution < 1.29 is 19.1 Å². The van der Waals surface area contributed by atoms with Gasteiger partial charge in [-0.1, -0.05) is 17.7 Å². The number of nitrogens with one attached hydrogen (secondary N) is 1. The van der Waals surface area contributed by atoms with Gasteiger partial charge >= 0.3 is 0 Å². The van der Waals surface area contributed by atoms with E-state index in [9.17, 15) is 23.9 Å². The van der Waals surface area contributed by atoms with Crippen LogP contribution < -0.4 is 10.9 Å². The Bertz CT molecular complexity index is 1280. The summed E-state index contributed by atoms with van der Waals surface area (Å²) >= 11 is 5.81. The molecule has 30 heavy (non-hydrogen) atoms. The minimum absolute atomic E-state index is 0.0645. The van der Waals surface area contributed by atoms with Crippen molar-refractivity contribution in [3.05, 3.63) is 56.3 Å². The second kappa shape index (κ2) is 7.13. The largest absolute Gasteiger partial charge is 0.505 e. The van der Waals surface area contributed by atoms with Gasteiger partial charge in [0, 0.05) is 27.2 Å². The van der Waals surface area contributed by atoms with Crippen LogP contribution in [0.4, 0.5) is 4.39 Å². The van der Waals surface area contributed by atoms with E-state index in [1.165, 1.54) is 28.6 Å². The van der Waals surface area contributed by atoms with Crippen molar-refractivity contribution in [1.29, 1.82) is 0 Å². The summed E-state index contributed by atoms with van der Waals surface area (Å²) in [6, 6.07) is 3.93. The Kier molecular flexibility index (Phi) is 4.73. The predicted molar refractivity (Wildman–Crippen MR) is 107 cm³/mol. The third kappa shape index (κ3) is 2.91. The Morgan fingerprint density at radius 2 is 2.07 bits per heavy atom. The fourth-order valence-electron chi connectivity index (χ4n) is 3.56. The Balaban J connectivity index is 2.00. The molecule has 0 spiro atoms. The number of aromatic hydroxyl groups is 1. The SMILES string of the molecule is CNC(=O)c1nn(Cc2ccc(F)c(Cl)c2)c(=O)c2c(O)c3n(c12)CCN(C)C3=O. The number of carbonyl (C=O) groups is 2. The zero-order valence-corrected chi connectivity index (χ0v) is 16.8. The molecule has 0 saturated carbocycles. The van der Waals surface area contributed by atoms with Crippen LogP contribution in [-0.4, -0.2) is 56.8 Å². The fraction of sp³-hybridized carbons (Fsp3) is 0.263. The maximum Gasteiger partial charge on any atom is 0.280 e. The van der Waals surface area contributed by atoms with E-state index in [-0.39, 0.29) is 40.4 Å². The molecule has 0 saturated heterocycles. The summed E-state index contributed by atoms with van der Waals surface area (Å²) < 4.78 is 15.9. The molecule has 1 aliphatic heterocycles. The molecule has 1 aliphatic rings. The van der Waals surface area contributed by atoms with E-state index < -0.39 is 28.9 Å². The first-order valence-corrected chi connectivity index (χ1v) is 9.40. The highest BCUT2D eigenvalue weighted by atomic mass is 35.5. The van der Waals surface area contributed by atoms with Gasteiger partial charge in [0.2, 0.25) is 0 Å². The van der Waals surface area contributed by atoms with Crippen LogP contribution in [0, 0.1) is 5.82 Å². The van der Waals surface area contributed by atoms with E-state index in [1.807, 2.05) is 0 Å². The monoisotopic (exact) mass is 433 g/mol. The van der Waals surface area contributed by atoms with Gasteiger partial charge in [0.1, 0.15) is 11.2 Å². The first-order valence-electron chi connectivity index (χ1n) is 9.02. The van der Waals surface area contributed by atoms with Crippen LogP contribution in [0.5, 0.6) is 5.75 Å². The van der Waals surface area contributed by atoms with Gasteiger partial charge in [-0.2, -0.15) is 5.10 Å². The van der Waals surface area contributed by atoms with Gasteiger partial charge in [-0.3, -0.25) is 14.4 Å². The molecule has 156 valence electrons. The highest BCUT2D eigenvalue weighted by molar-refractivity contribution is 6.30. The molecule has 0 bridgehead atoms. The molecule has 9 nitrogen and oxygen atoms in total. The molecule has 2 aromatic heterocycles. The standard InChI is InChI=1S/C19H17ClFN5O4/c1-22-17(28)13-14-12(16(27)15-19(30)24(2)5-6-25(14)15)18(29)26(23-13)8-9-3-4-11(21)10(20)7-9/h3-4,7,27H,5-6,8H2,1-2H3,(H,22,28). The molecule has 0 atom stereocenters. The topological polar surface area (TPSA) is 109 Å². The van der Waals surface area contributed by atoms with Crippen molar-refractivity contribution in [2.75, 3.05) is 20.6 Å². The molecule has 0 fully saturated rings. The minimum Gasteiger partial charge on any atom is -0.505 e. The Labute approximate surface area is 174 Å². The average molecular weight is 434 g/mol. The maximum absolute atomic E-state index is 13.5. The highest BCUT2D eigenvalue weighted by Gasteiger charge is 2.33. The lowest BCUT2D eigenvalue weighted by molar-refractivity contribution is 0.0746. The molecule has 4 rings (SSSR count). The first-order chi connectivity index (χ1) is 14.2. The van der Waals surface area contributed by atoms with Crippen molar-refractivity contribution in [3.63, 3.8) is 0 Å². The predicted octanol–water partition coefficient (Wildman–Crippen LogP) is 1.19. The van der Waals surface area contributed by atoms with Crippen LogP contribution in [0.2, 0.25) is 5.02 Å². The summed E-state index contributed by atoms with van der Waals surface area (Å²) in [6.45, 7) is 0.517. The van der Waals surface area contributed by atoms with Gasteiger partial charge < -0.3 is 19.9 Å². The number of hydrogen-bond donors (Lipinski definition) is 2. The summed E-state index contributed by atoms with van der Waals surface area (Å²) in [5.74, 6) is -2.15. The molecule has 11 heteroatoms. The maximum atomic E-state index is 13.5. The number of benzene rings is 1. The normalized spacial score (nSPS) is 13.6. The fourth-order valence-corrected chi connectivity index (χ4v) is 3.76. The van der Waals surface area contributed by atoms with Crippen LogP contribution in [-0.2, 0) is 13.1 Å². The number of rotatable bonds is 3. The van der Waals surface area contributed by atoms with Crippen molar-refractivity contribution >= 4 is 34.3 Å². The zero-order chi connectivity index (χ0) is 21.7. The molecule has 3 aromatic rings. The number of halogens is 2. The van der Waals surface area contributed by atoms with Crippen LogP contribution in [0.25, 0.3) is 10.9 Å². The smallest absolute Gasteiger partial charge is 0.280 e. The number of aromatic nitrogens is 3. The second-order valence-electron chi connectivity index (χ2n) is 6.94. The molecule has 0 aliphatic carbocycles. The third-order valence-electron chi connectivity index (χ3n) is 5.10. The van der Waals surface area contributed by atoms with Crippen molar-refractivity contribution in [2.24, 2.45) is 0 Å². The van der Waals surface area contributed by atoms with E-state index in [2.05, 4.69) is 10.4 Å². The summed E-state index contributed by atoms with van der Waals surface area (Å²) in [4.78, 5) is 39.7. The molecular weight excluding hydrogens is 417 g/mol. The lowest BCUT2D eigenvalue weighted by atomic mass is 10.2. The number of fused-ring (bicyclic) bond motifs is 3. The van der Waals surface area contributed by atoms with Crippen molar-refractivity contribution in [1.82, 2.24) is 24.6 Å². The average Bonchev–Trinajstić information content (AvgIpc) is 3.02. The van der Waals surface area contributed by atoms with Gasteiger partial charge in [0.05, 0.1) is 17.1 Å². The van der Waals surface area contributed by atoms with E-state index in [0.29, 0.717) is 12.1 Å². The van der Waals surface area contributed by atoms with E-state index >= 15 is 0 Å². The van der Waals surface area contributed by atoms with Crippen molar-refractivity contribution in [3.8, 4) is 5.75 Å². The lowest BCUT2D eigenvalue weighted by Gasteiger charge is -2.25. The van der Waals surface area contributed by atoms with E-state index in [0.717, 1.165) is 10.7 Å². The van der Waals surface area contributed by atoms with Gasteiger partial charge in [-0.15, -0.1) is 0 Å². The van der Waals surface area contributed by atoms with Crippen molar-refractivity contribution in [2.45, 2.75) is 13.1 Å². The Hall–Kier alpha value is -3.40. The van der Waals surface area contributed by atoms with Crippen LogP contribution in [0.15, 0.2) is 23.0 Å². The molecule has 3 heterocycles. The second-order valence-corrected chi connectivity index (χ2v) is 7.35. The Morgan fingerprint density at radius 3 is 2.73 bits per heavy atom. The van der Waals surface area contributed by atoms with E-state index in [4.69, 9.17) is 11.6 Å². The third-order valence-corrected chi connectivity index (χ3v) is 5.39. The number of hydrogen-bond acceptors (Lipinski definition) is 5. The van der Waals surface area contributed by atoms with Crippen LogP contribution in [0.3, 0.4) is 0 Å². The van der Waals surface area contributed by atoms with Gasteiger partial charge in [0.15, 0.2) is 17.1 Å². The zero-order valence-electron chi connectivity index (χ0n) is 16.1. The summed E-state index contributed by atoms with van der Waals surface area (Å²) in [7, 11) is 2.99. The number of carbonyl (C=O) groups excluding carboxylic acids is 2. The number of likely N-dealkylation sites (N-methyl/N-ethyl adjacent to an activating group) is 1. The number of nitrogens with zero attached hydrogens (tertiary/aromatic N) is 4. The summed E-state index contributed by atoms with van der Waals surface area (Å²) in [5, 5.41) is 17.1. The van der Waals surface area contributed by atoms with Gasteiger partial charge in [0.25, 0.3) is 17.4 Å². The molecule has 2 amide bonds. The van der Waals surface area contributed by atoms with Gasteiger partial charge in [-0.05, 0) is 17.7 Å². The molecule has 0 unspecified atom stereocenters. The summed E-state index contributed by atoms with van der Waals surface area (Å²) in [5.41, 5.74) is -0.295. The van der Waals surface area contributed by atoms with Crippen LogP contribution >= 0.6 is 11.6 Å². The highest BCUT2D eigenvalue weighted by Crippen LogP contribution is 2.34. The quantitative estimate of drug-likeness (QED) is 0.644. The van der Waals surface area contributed by atoms with E-state index in [1.54, 1.807) is 7.05 Å². The molecular formula is C19H17ClFN5O4. The van der Waals surface area contributed by atoms with Crippen LogP contribution in [0.1, 0.15) is 26.5 Å². The Morgan fingerprint density at radius 1 is 1.33 bits per heavy atom. The summed E-state index contributed by atoms with van der Waals surface area (Å²) in [6.07, 6.45) is 0. The van der Waals surface area contributed by atoms with Gasteiger partial charge in [-0.25, -0.2) is 9.07 Å². The molecule has 0 radical (unpaired) electrons. The minimum atomic E-state index is -0.687. The molecule has 2 N–H and O–H groups in total. The first kappa shape index (κ1) is 19.9. The molecule has 1 aromatic carbocycles.